The van der Waals surface area contributed by atoms with E-state index in [2.05, 4.69) is 46.2 Å². The fourth-order valence-corrected chi connectivity index (χ4v) is 3.48. The van der Waals surface area contributed by atoms with Gasteiger partial charge in [0.15, 0.2) is 0 Å². The van der Waals surface area contributed by atoms with Gasteiger partial charge in [-0.15, -0.1) is 0 Å². The summed E-state index contributed by atoms with van der Waals surface area (Å²) in [4.78, 5) is 24.0. The summed E-state index contributed by atoms with van der Waals surface area (Å²) in [6.45, 7) is 7.01. The number of nitrogens with one attached hydrogen (secondary N) is 1. The number of para-hydroxylation sites is 1. The highest BCUT2D eigenvalue weighted by Gasteiger charge is 2.23. The Labute approximate surface area is 165 Å². The average Bonchev–Trinajstić information content (AvgIpc) is 3.12. The van der Waals surface area contributed by atoms with Crippen LogP contribution in [-0.2, 0) is 6.42 Å². The van der Waals surface area contributed by atoms with E-state index in [9.17, 15) is 4.79 Å². The van der Waals surface area contributed by atoms with Gasteiger partial charge in [-0.1, -0.05) is 44.2 Å². The largest absolute Gasteiger partial charge is 0.321 e. The molecule has 28 heavy (non-hydrogen) atoms. The summed E-state index contributed by atoms with van der Waals surface area (Å²) >= 11 is 0. The fraction of sp³-hybridized carbons (Fsp3) is 0.261. The first-order valence-electron chi connectivity index (χ1n) is 9.63. The van der Waals surface area contributed by atoms with Crippen molar-refractivity contribution in [1.82, 2.24) is 9.97 Å². The van der Waals surface area contributed by atoms with Crippen LogP contribution >= 0.6 is 0 Å². The average molecular weight is 372 g/mol. The summed E-state index contributed by atoms with van der Waals surface area (Å²) in [6.07, 6.45) is 0.956. The molecule has 5 nitrogen and oxygen atoms in total. The Hall–Kier alpha value is -3.21. The Morgan fingerprint density at radius 1 is 1.07 bits per heavy atom. The molecule has 0 fully saturated rings. The zero-order valence-corrected chi connectivity index (χ0v) is 16.4. The highest BCUT2D eigenvalue weighted by atomic mass is 16.1. The third-order valence-electron chi connectivity index (χ3n) is 5.04. The standard InChI is InChI=1S/C23H24N4O/c1-15(2)17-8-10-19(11-9-17)25-22(28)20-14-16(3)24-23(26-20)27-13-12-18-6-4-5-7-21(18)27/h4-11,14-15H,12-13H2,1-3H3,(H,25,28). The minimum atomic E-state index is -0.225. The van der Waals surface area contributed by atoms with Gasteiger partial charge in [-0.25, -0.2) is 9.97 Å². The van der Waals surface area contributed by atoms with E-state index in [1.165, 1.54) is 11.1 Å². The van der Waals surface area contributed by atoms with E-state index < -0.39 is 0 Å². The molecule has 1 amide bonds. The van der Waals surface area contributed by atoms with Crippen LogP contribution in [0.2, 0.25) is 0 Å². The number of anilines is 3. The number of aromatic nitrogens is 2. The maximum atomic E-state index is 12.8. The van der Waals surface area contributed by atoms with Crippen LogP contribution in [0.4, 0.5) is 17.3 Å². The quantitative estimate of drug-likeness (QED) is 0.711. The molecular formula is C23H24N4O. The van der Waals surface area contributed by atoms with Gasteiger partial charge in [-0.05, 0) is 54.7 Å². The second kappa shape index (κ2) is 7.43. The van der Waals surface area contributed by atoms with Crippen LogP contribution < -0.4 is 10.2 Å². The first-order chi connectivity index (χ1) is 13.5. The van der Waals surface area contributed by atoms with Gasteiger partial charge < -0.3 is 10.2 Å². The molecule has 3 aromatic rings. The molecule has 0 aliphatic carbocycles. The van der Waals surface area contributed by atoms with E-state index in [-0.39, 0.29) is 5.91 Å². The first kappa shape index (κ1) is 18.2. The Morgan fingerprint density at radius 3 is 2.57 bits per heavy atom. The molecule has 0 bridgehead atoms. The number of hydrogen-bond acceptors (Lipinski definition) is 4. The molecule has 0 spiro atoms. The number of nitrogens with zero attached hydrogens (tertiary/aromatic N) is 3. The molecular weight excluding hydrogens is 348 g/mol. The number of hydrogen-bond donors (Lipinski definition) is 1. The van der Waals surface area contributed by atoms with Crippen LogP contribution in [0.15, 0.2) is 54.6 Å². The lowest BCUT2D eigenvalue weighted by molar-refractivity contribution is 0.102. The van der Waals surface area contributed by atoms with Crippen molar-refractivity contribution in [2.24, 2.45) is 0 Å². The van der Waals surface area contributed by atoms with Crippen molar-refractivity contribution >= 4 is 23.2 Å². The first-order valence-corrected chi connectivity index (χ1v) is 9.63. The zero-order chi connectivity index (χ0) is 19.7. The molecule has 0 unspecified atom stereocenters. The van der Waals surface area contributed by atoms with E-state index in [0.29, 0.717) is 17.6 Å². The summed E-state index contributed by atoms with van der Waals surface area (Å²) in [5.41, 5.74) is 5.55. The van der Waals surface area contributed by atoms with Crippen molar-refractivity contribution in [3.63, 3.8) is 0 Å². The number of benzene rings is 2. The van der Waals surface area contributed by atoms with Gasteiger partial charge in [0.1, 0.15) is 5.69 Å². The smallest absolute Gasteiger partial charge is 0.274 e. The second-order valence-electron chi connectivity index (χ2n) is 7.46. The van der Waals surface area contributed by atoms with Gasteiger partial charge >= 0.3 is 0 Å². The third kappa shape index (κ3) is 3.60. The van der Waals surface area contributed by atoms with Gasteiger partial charge in [0.2, 0.25) is 5.95 Å². The fourth-order valence-electron chi connectivity index (χ4n) is 3.48. The van der Waals surface area contributed by atoms with E-state index >= 15 is 0 Å². The number of carbonyl (C=O) groups is 1. The highest BCUT2D eigenvalue weighted by molar-refractivity contribution is 6.03. The minimum absolute atomic E-state index is 0.225. The monoisotopic (exact) mass is 372 g/mol. The predicted molar refractivity (Wildman–Crippen MR) is 112 cm³/mol. The Morgan fingerprint density at radius 2 is 1.82 bits per heavy atom. The summed E-state index contributed by atoms with van der Waals surface area (Å²) in [5.74, 6) is 0.807. The summed E-state index contributed by atoms with van der Waals surface area (Å²) in [6, 6.07) is 17.9. The molecule has 5 heteroatoms. The van der Waals surface area contributed by atoms with Gasteiger partial charge in [0.25, 0.3) is 5.91 Å². The van der Waals surface area contributed by atoms with Crippen molar-refractivity contribution in [2.45, 2.75) is 33.1 Å². The summed E-state index contributed by atoms with van der Waals surface area (Å²) in [5, 5.41) is 2.94. The maximum Gasteiger partial charge on any atom is 0.274 e. The van der Waals surface area contributed by atoms with Crippen molar-refractivity contribution in [1.29, 1.82) is 0 Å². The summed E-state index contributed by atoms with van der Waals surface area (Å²) in [7, 11) is 0. The number of fused-ring (bicyclic) bond motifs is 1. The molecule has 1 aliphatic rings. The molecule has 0 saturated carbocycles. The molecule has 1 aliphatic heterocycles. The molecule has 2 heterocycles. The predicted octanol–water partition coefficient (Wildman–Crippen LogP) is 4.85. The van der Waals surface area contributed by atoms with Gasteiger partial charge in [0.05, 0.1) is 0 Å². The zero-order valence-electron chi connectivity index (χ0n) is 16.4. The van der Waals surface area contributed by atoms with E-state index in [1.54, 1.807) is 6.07 Å². The Balaban J connectivity index is 1.58. The van der Waals surface area contributed by atoms with Crippen molar-refractivity contribution in [3.8, 4) is 0 Å². The lowest BCUT2D eigenvalue weighted by Crippen LogP contribution is -2.20. The normalized spacial score (nSPS) is 12.9. The Kier molecular flexibility index (Phi) is 4.82. The molecule has 0 atom stereocenters. The topological polar surface area (TPSA) is 58.1 Å². The Bertz CT molecular complexity index is 1010. The van der Waals surface area contributed by atoms with Gasteiger partial charge in [0, 0.05) is 23.6 Å². The van der Waals surface area contributed by atoms with E-state index in [0.717, 1.165) is 30.0 Å². The summed E-state index contributed by atoms with van der Waals surface area (Å²) < 4.78 is 0. The number of rotatable bonds is 4. The molecule has 2 aromatic carbocycles. The minimum Gasteiger partial charge on any atom is -0.321 e. The van der Waals surface area contributed by atoms with Crippen LogP contribution in [-0.4, -0.2) is 22.4 Å². The van der Waals surface area contributed by atoms with Crippen LogP contribution in [0, 0.1) is 6.92 Å². The van der Waals surface area contributed by atoms with Gasteiger partial charge in [-0.3, -0.25) is 4.79 Å². The molecule has 142 valence electrons. The van der Waals surface area contributed by atoms with Crippen molar-refractivity contribution in [2.75, 3.05) is 16.8 Å². The number of amides is 1. The van der Waals surface area contributed by atoms with Crippen molar-refractivity contribution < 1.29 is 4.79 Å². The highest BCUT2D eigenvalue weighted by Crippen LogP contribution is 2.32. The van der Waals surface area contributed by atoms with E-state index in [1.807, 2.05) is 43.3 Å². The third-order valence-corrected chi connectivity index (χ3v) is 5.04. The van der Waals surface area contributed by atoms with Crippen LogP contribution in [0.3, 0.4) is 0 Å². The molecule has 0 radical (unpaired) electrons. The van der Waals surface area contributed by atoms with Crippen LogP contribution in [0.1, 0.15) is 47.1 Å². The number of carbonyl (C=O) groups excluding carboxylic acids is 1. The molecule has 4 rings (SSSR count). The maximum absolute atomic E-state index is 12.8. The molecule has 0 saturated heterocycles. The molecule has 1 N–H and O–H groups in total. The van der Waals surface area contributed by atoms with Crippen molar-refractivity contribution in [3.05, 3.63) is 77.1 Å². The lowest BCUT2D eigenvalue weighted by atomic mass is 10.0. The molecule has 1 aromatic heterocycles. The lowest BCUT2D eigenvalue weighted by Gasteiger charge is -2.18. The van der Waals surface area contributed by atoms with Crippen LogP contribution in [0.25, 0.3) is 0 Å². The van der Waals surface area contributed by atoms with E-state index in [4.69, 9.17) is 0 Å². The van der Waals surface area contributed by atoms with Crippen LogP contribution in [0.5, 0.6) is 0 Å². The number of aryl methyl sites for hydroxylation is 1. The second-order valence-corrected chi connectivity index (χ2v) is 7.46. The SMILES string of the molecule is Cc1cc(C(=O)Nc2ccc(C(C)C)cc2)nc(N2CCc3ccccc32)n1. The van der Waals surface area contributed by atoms with Gasteiger partial charge in [-0.2, -0.15) is 0 Å².